The lowest BCUT2D eigenvalue weighted by Gasteiger charge is -2.16. The van der Waals surface area contributed by atoms with E-state index in [1.165, 1.54) is 17.0 Å². The van der Waals surface area contributed by atoms with Crippen LogP contribution in [-0.2, 0) is 17.7 Å². The van der Waals surface area contributed by atoms with E-state index >= 15 is 0 Å². The zero-order chi connectivity index (χ0) is 15.0. The molecule has 0 amide bonds. The van der Waals surface area contributed by atoms with Gasteiger partial charge in [0.15, 0.2) is 5.13 Å². The number of hydrogen-bond acceptors (Lipinski definition) is 5. The van der Waals surface area contributed by atoms with E-state index in [2.05, 4.69) is 45.0 Å². The average molecular weight is 299 g/mol. The van der Waals surface area contributed by atoms with Crippen LogP contribution in [0.15, 0.2) is 0 Å². The van der Waals surface area contributed by atoms with E-state index in [-0.39, 0.29) is 0 Å². The first-order valence-corrected chi connectivity index (χ1v) is 8.42. The molecule has 1 aromatic heterocycles. The van der Waals surface area contributed by atoms with E-state index in [1.54, 1.807) is 11.3 Å². The van der Waals surface area contributed by atoms with Gasteiger partial charge in [0.05, 0.1) is 18.4 Å². The van der Waals surface area contributed by atoms with Gasteiger partial charge in [0.2, 0.25) is 0 Å². The Balaban J connectivity index is 2.56. The van der Waals surface area contributed by atoms with Gasteiger partial charge in [-0.05, 0) is 33.2 Å². The van der Waals surface area contributed by atoms with Crippen molar-refractivity contribution in [1.29, 1.82) is 0 Å². The summed E-state index contributed by atoms with van der Waals surface area (Å²) in [5.74, 6) is 0. The molecule has 0 aliphatic rings. The molecule has 0 radical (unpaired) electrons. The van der Waals surface area contributed by atoms with Gasteiger partial charge in [-0.2, -0.15) is 0 Å². The maximum atomic E-state index is 5.60. The minimum Gasteiger partial charge on any atom is -0.377 e. The summed E-state index contributed by atoms with van der Waals surface area (Å²) in [6, 6.07) is 0. The molecule has 0 fully saturated rings. The summed E-state index contributed by atoms with van der Waals surface area (Å²) >= 11 is 1.80. The Hall–Kier alpha value is -0.650. The van der Waals surface area contributed by atoms with Crippen LogP contribution in [0.25, 0.3) is 0 Å². The predicted octanol–water partition coefficient (Wildman–Crippen LogP) is 3.07. The molecule has 4 nitrogen and oxygen atoms in total. The van der Waals surface area contributed by atoms with Crippen molar-refractivity contribution in [3.8, 4) is 0 Å². The number of nitrogens with zero attached hydrogens (tertiary/aromatic N) is 2. The largest absolute Gasteiger partial charge is 0.377 e. The van der Waals surface area contributed by atoms with Crippen molar-refractivity contribution < 1.29 is 4.74 Å². The molecule has 0 saturated carbocycles. The quantitative estimate of drug-likeness (QED) is 0.674. The van der Waals surface area contributed by atoms with Crippen LogP contribution in [0.4, 0.5) is 5.13 Å². The van der Waals surface area contributed by atoms with Gasteiger partial charge in [-0.15, -0.1) is 11.3 Å². The molecular weight excluding hydrogens is 270 g/mol. The van der Waals surface area contributed by atoms with Gasteiger partial charge >= 0.3 is 0 Å². The number of anilines is 1. The Labute approximate surface area is 127 Å². The molecule has 0 atom stereocenters. The zero-order valence-corrected chi connectivity index (χ0v) is 14.3. The molecule has 0 aliphatic carbocycles. The summed E-state index contributed by atoms with van der Waals surface area (Å²) in [5.41, 5.74) is 1.23. The average Bonchev–Trinajstić information content (AvgIpc) is 2.82. The molecule has 1 N–H and O–H groups in total. The molecule has 0 aliphatic heterocycles. The Morgan fingerprint density at radius 1 is 1.35 bits per heavy atom. The first kappa shape index (κ1) is 17.4. The molecule has 20 heavy (non-hydrogen) atoms. The highest BCUT2D eigenvalue weighted by atomic mass is 32.1. The van der Waals surface area contributed by atoms with Crippen molar-refractivity contribution in [1.82, 2.24) is 10.3 Å². The van der Waals surface area contributed by atoms with Crippen LogP contribution in [-0.4, -0.2) is 37.8 Å². The number of thiazole rings is 1. The fraction of sp³-hybridized carbons (Fsp3) is 0.800. The molecule has 0 unspecified atom stereocenters. The highest BCUT2D eigenvalue weighted by Gasteiger charge is 2.12. The van der Waals surface area contributed by atoms with Crippen molar-refractivity contribution >= 4 is 16.5 Å². The van der Waals surface area contributed by atoms with Gasteiger partial charge in [-0.3, -0.25) is 0 Å². The molecule has 0 bridgehead atoms. The normalized spacial score (nSPS) is 11.3. The highest BCUT2D eigenvalue weighted by Crippen LogP contribution is 2.26. The molecular formula is C15H29N3OS. The van der Waals surface area contributed by atoms with Crippen molar-refractivity contribution in [2.24, 2.45) is 0 Å². The van der Waals surface area contributed by atoms with Crippen LogP contribution in [0.5, 0.6) is 0 Å². The Morgan fingerprint density at radius 3 is 2.70 bits per heavy atom. The lowest BCUT2D eigenvalue weighted by Crippen LogP contribution is -2.23. The Morgan fingerprint density at radius 2 is 2.10 bits per heavy atom. The fourth-order valence-corrected chi connectivity index (χ4v) is 2.95. The van der Waals surface area contributed by atoms with E-state index in [9.17, 15) is 0 Å². The van der Waals surface area contributed by atoms with Gasteiger partial charge in [-0.25, -0.2) is 4.98 Å². The summed E-state index contributed by atoms with van der Waals surface area (Å²) < 4.78 is 5.60. The minimum atomic E-state index is 0.291. The number of hydrogen-bond donors (Lipinski definition) is 1. The number of nitrogens with one attached hydrogen (secondary N) is 1. The third-order valence-electron chi connectivity index (χ3n) is 3.02. The maximum absolute atomic E-state index is 5.60. The van der Waals surface area contributed by atoms with Crippen LogP contribution < -0.4 is 10.2 Å². The van der Waals surface area contributed by atoms with E-state index in [0.29, 0.717) is 6.10 Å². The van der Waals surface area contributed by atoms with E-state index < -0.39 is 0 Å². The zero-order valence-electron chi connectivity index (χ0n) is 13.5. The second-order valence-electron chi connectivity index (χ2n) is 5.24. The molecule has 0 spiro atoms. The predicted molar refractivity (Wildman–Crippen MR) is 87.8 cm³/mol. The third-order valence-corrected chi connectivity index (χ3v) is 4.23. The molecule has 1 aromatic rings. The number of ether oxygens (including phenoxy) is 1. The molecule has 0 aromatic carbocycles. The topological polar surface area (TPSA) is 37.4 Å². The second kappa shape index (κ2) is 9.32. The SMILES string of the molecule is CCCNCc1sc(N(C)CCOC(C)C)nc1CC. The molecule has 5 heteroatoms. The summed E-state index contributed by atoms with van der Waals surface area (Å²) in [6.45, 7) is 12.1. The van der Waals surface area contributed by atoms with Gasteiger partial charge < -0.3 is 15.0 Å². The number of aryl methyl sites for hydroxylation is 1. The van der Waals surface area contributed by atoms with Crippen molar-refractivity contribution in [3.05, 3.63) is 10.6 Å². The highest BCUT2D eigenvalue weighted by molar-refractivity contribution is 7.15. The number of rotatable bonds is 10. The van der Waals surface area contributed by atoms with E-state index in [0.717, 1.165) is 37.8 Å². The Bertz CT molecular complexity index is 379. The van der Waals surface area contributed by atoms with Crippen LogP contribution in [0.3, 0.4) is 0 Å². The van der Waals surface area contributed by atoms with Crippen LogP contribution >= 0.6 is 11.3 Å². The smallest absolute Gasteiger partial charge is 0.185 e. The fourth-order valence-electron chi connectivity index (χ4n) is 1.85. The van der Waals surface area contributed by atoms with E-state index in [1.807, 2.05) is 0 Å². The maximum Gasteiger partial charge on any atom is 0.185 e. The van der Waals surface area contributed by atoms with Crippen LogP contribution in [0.2, 0.25) is 0 Å². The lowest BCUT2D eigenvalue weighted by molar-refractivity contribution is 0.0846. The molecule has 116 valence electrons. The van der Waals surface area contributed by atoms with Gasteiger partial charge in [0.1, 0.15) is 0 Å². The van der Waals surface area contributed by atoms with Crippen molar-refractivity contribution in [3.63, 3.8) is 0 Å². The lowest BCUT2D eigenvalue weighted by atomic mass is 10.3. The number of likely N-dealkylation sites (N-methyl/N-ethyl adjacent to an activating group) is 1. The van der Waals surface area contributed by atoms with Gasteiger partial charge in [0.25, 0.3) is 0 Å². The third kappa shape index (κ3) is 5.77. The molecule has 1 rings (SSSR count). The number of aromatic nitrogens is 1. The molecule has 1 heterocycles. The summed E-state index contributed by atoms with van der Waals surface area (Å²) in [5, 5.41) is 4.56. The van der Waals surface area contributed by atoms with E-state index in [4.69, 9.17) is 9.72 Å². The monoisotopic (exact) mass is 299 g/mol. The van der Waals surface area contributed by atoms with Crippen molar-refractivity contribution in [2.45, 2.75) is 53.2 Å². The first-order valence-electron chi connectivity index (χ1n) is 7.60. The van der Waals surface area contributed by atoms with Gasteiger partial charge in [0, 0.05) is 25.0 Å². The van der Waals surface area contributed by atoms with Gasteiger partial charge in [-0.1, -0.05) is 13.8 Å². The minimum absolute atomic E-state index is 0.291. The first-order chi connectivity index (χ1) is 9.58. The van der Waals surface area contributed by atoms with Crippen LogP contribution in [0.1, 0.15) is 44.7 Å². The Kier molecular flexibility index (Phi) is 8.11. The molecule has 0 saturated heterocycles. The van der Waals surface area contributed by atoms with Crippen LogP contribution in [0, 0.1) is 0 Å². The van der Waals surface area contributed by atoms with Crippen molar-refractivity contribution in [2.75, 3.05) is 31.6 Å². The standard InChI is InChI=1S/C15H29N3OS/c1-6-8-16-11-14-13(7-2)17-15(20-14)18(5)9-10-19-12(3)4/h12,16H,6-11H2,1-5H3. The summed E-state index contributed by atoms with van der Waals surface area (Å²) in [6.07, 6.45) is 2.45. The summed E-state index contributed by atoms with van der Waals surface area (Å²) in [7, 11) is 2.09. The second-order valence-corrected chi connectivity index (χ2v) is 6.30. The summed E-state index contributed by atoms with van der Waals surface area (Å²) in [4.78, 5) is 8.31.